The summed E-state index contributed by atoms with van der Waals surface area (Å²) in [4.78, 5) is 37.3. The van der Waals surface area contributed by atoms with E-state index in [0.717, 1.165) is 16.0 Å². The number of carbonyl (C=O) groups is 3. The summed E-state index contributed by atoms with van der Waals surface area (Å²) in [6.07, 6.45) is 1.65. The summed E-state index contributed by atoms with van der Waals surface area (Å²) in [6, 6.07) is 15.3. The molecule has 1 atom stereocenters. The molecule has 3 rings (SSSR count). The maximum atomic E-state index is 13.1. The van der Waals surface area contributed by atoms with Crippen molar-refractivity contribution in [3.63, 3.8) is 0 Å². The lowest BCUT2D eigenvalue weighted by atomic mass is 9.83. The van der Waals surface area contributed by atoms with Crippen molar-refractivity contribution in [2.45, 2.75) is 12.0 Å². The lowest BCUT2D eigenvalue weighted by Crippen LogP contribution is -2.46. The molecule has 1 heterocycles. The number of hydrogen-bond donors (Lipinski definition) is 3. The quantitative estimate of drug-likeness (QED) is 0.305. The van der Waals surface area contributed by atoms with Gasteiger partial charge in [-0.05, 0) is 16.7 Å². The molecule has 1 fully saturated rings. The number of imide groups is 1. The van der Waals surface area contributed by atoms with Gasteiger partial charge in [0.15, 0.2) is 5.54 Å². The molecule has 0 aromatic heterocycles. The number of carbonyl (C=O) groups excluding carboxylic acids is 2. The van der Waals surface area contributed by atoms with E-state index in [2.05, 4.69) is 10.4 Å². The van der Waals surface area contributed by atoms with Gasteiger partial charge in [0, 0.05) is 6.42 Å². The van der Waals surface area contributed by atoms with Crippen LogP contribution >= 0.6 is 0 Å². The molecule has 2 aromatic carbocycles. The van der Waals surface area contributed by atoms with Crippen LogP contribution < -0.4 is 11.2 Å². The largest absolute Gasteiger partial charge is 0.480 e. The smallest absolute Gasteiger partial charge is 0.325 e. The van der Waals surface area contributed by atoms with E-state index in [1.165, 1.54) is 6.21 Å². The minimum absolute atomic E-state index is 0.193. The Balaban J connectivity index is 2.05. The van der Waals surface area contributed by atoms with Crippen molar-refractivity contribution in [3.05, 3.63) is 71.3 Å². The summed E-state index contributed by atoms with van der Waals surface area (Å²) in [5.74, 6) is 3.29. The second kappa shape index (κ2) is 7.28. The predicted octanol–water partition coefficient (Wildman–Crippen LogP) is 1.05. The van der Waals surface area contributed by atoms with Crippen molar-refractivity contribution in [2.24, 2.45) is 10.9 Å². The van der Waals surface area contributed by atoms with Crippen LogP contribution in [0.1, 0.15) is 16.7 Å². The highest BCUT2D eigenvalue weighted by Crippen LogP contribution is 2.33. The van der Waals surface area contributed by atoms with Crippen LogP contribution in [0.15, 0.2) is 59.7 Å². The molecule has 0 unspecified atom stereocenters. The molecule has 0 saturated carbocycles. The standard InChI is InChI=1S/C19H18N4O4/c20-21-11-14-6-8-15(9-7-14)19(10-13-4-2-1-3-5-13)17(26)23(12-16(24)25)18(27)22-19/h1-9,11H,10,12,20H2,(H,22,27)(H,24,25)/t19-/m1/s1. The van der Waals surface area contributed by atoms with Gasteiger partial charge in [0.2, 0.25) is 0 Å². The number of carboxylic acids is 1. The van der Waals surface area contributed by atoms with Crippen molar-refractivity contribution in [1.82, 2.24) is 10.2 Å². The van der Waals surface area contributed by atoms with E-state index in [1.54, 1.807) is 24.3 Å². The first-order valence-electron chi connectivity index (χ1n) is 8.20. The van der Waals surface area contributed by atoms with Crippen LogP contribution in [0.4, 0.5) is 4.79 Å². The van der Waals surface area contributed by atoms with Crippen molar-refractivity contribution >= 4 is 24.1 Å². The second-order valence-corrected chi connectivity index (χ2v) is 6.18. The Kier molecular flexibility index (Phi) is 4.89. The van der Waals surface area contributed by atoms with Gasteiger partial charge < -0.3 is 16.3 Å². The normalized spacial score (nSPS) is 19.5. The minimum Gasteiger partial charge on any atom is -0.480 e. The van der Waals surface area contributed by atoms with Gasteiger partial charge in [0.05, 0.1) is 6.21 Å². The molecule has 27 heavy (non-hydrogen) atoms. The fourth-order valence-corrected chi connectivity index (χ4v) is 3.16. The number of amides is 3. The van der Waals surface area contributed by atoms with Gasteiger partial charge in [-0.3, -0.25) is 14.5 Å². The molecule has 3 amide bonds. The van der Waals surface area contributed by atoms with Crippen LogP contribution in [0.2, 0.25) is 0 Å². The van der Waals surface area contributed by atoms with Gasteiger partial charge in [0.1, 0.15) is 6.54 Å². The lowest BCUT2D eigenvalue weighted by Gasteiger charge is -2.27. The Labute approximate surface area is 155 Å². The minimum atomic E-state index is -1.38. The van der Waals surface area contributed by atoms with Gasteiger partial charge in [0.25, 0.3) is 5.91 Å². The zero-order valence-corrected chi connectivity index (χ0v) is 14.3. The first kappa shape index (κ1) is 18.1. The van der Waals surface area contributed by atoms with E-state index in [0.29, 0.717) is 5.56 Å². The average Bonchev–Trinajstić information content (AvgIpc) is 2.88. The molecule has 4 N–H and O–H groups in total. The summed E-state index contributed by atoms with van der Waals surface area (Å²) < 4.78 is 0. The first-order valence-corrected chi connectivity index (χ1v) is 8.20. The zero-order valence-electron chi connectivity index (χ0n) is 14.3. The lowest BCUT2D eigenvalue weighted by molar-refractivity contribution is -0.143. The van der Waals surface area contributed by atoms with Gasteiger partial charge in [-0.2, -0.15) is 5.10 Å². The number of nitrogens with one attached hydrogen (secondary N) is 1. The van der Waals surface area contributed by atoms with Crippen molar-refractivity contribution in [2.75, 3.05) is 6.54 Å². The summed E-state index contributed by atoms with van der Waals surface area (Å²) in [6.45, 7) is -0.695. The van der Waals surface area contributed by atoms with E-state index < -0.39 is 30.0 Å². The zero-order chi connectivity index (χ0) is 19.4. The molecular weight excluding hydrogens is 348 g/mol. The van der Waals surface area contributed by atoms with Crippen molar-refractivity contribution in [3.8, 4) is 0 Å². The monoisotopic (exact) mass is 366 g/mol. The Morgan fingerprint density at radius 3 is 2.41 bits per heavy atom. The number of nitrogens with zero attached hydrogens (tertiary/aromatic N) is 2. The molecule has 138 valence electrons. The summed E-state index contributed by atoms with van der Waals surface area (Å²) in [7, 11) is 0. The van der Waals surface area contributed by atoms with E-state index in [4.69, 9.17) is 10.9 Å². The van der Waals surface area contributed by atoms with Crippen LogP contribution in [-0.2, 0) is 21.5 Å². The van der Waals surface area contributed by atoms with Crippen LogP contribution in [0.25, 0.3) is 0 Å². The molecule has 2 aromatic rings. The van der Waals surface area contributed by atoms with Crippen LogP contribution in [0, 0.1) is 0 Å². The van der Waals surface area contributed by atoms with E-state index in [9.17, 15) is 14.4 Å². The third-order valence-electron chi connectivity index (χ3n) is 4.41. The first-order chi connectivity index (χ1) is 13.0. The Hall–Kier alpha value is -3.68. The third kappa shape index (κ3) is 3.50. The van der Waals surface area contributed by atoms with Gasteiger partial charge in [-0.25, -0.2) is 4.79 Å². The van der Waals surface area contributed by atoms with E-state index in [-0.39, 0.29) is 6.42 Å². The van der Waals surface area contributed by atoms with E-state index in [1.807, 2.05) is 30.3 Å². The summed E-state index contributed by atoms with van der Waals surface area (Å²) in [5.41, 5.74) is 0.727. The Morgan fingerprint density at radius 1 is 1.15 bits per heavy atom. The van der Waals surface area contributed by atoms with Crippen LogP contribution in [-0.4, -0.2) is 40.7 Å². The number of hydrogen-bond acceptors (Lipinski definition) is 5. The summed E-state index contributed by atoms with van der Waals surface area (Å²) in [5, 5.41) is 15.2. The summed E-state index contributed by atoms with van der Waals surface area (Å²) >= 11 is 0. The molecule has 8 nitrogen and oxygen atoms in total. The number of carboxylic acid groups (broad SMARTS) is 1. The van der Waals surface area contributed by atoms with Crippen molar-refractivity contribution in [1.29, 1.82) is 0 Å². The third-order valence-corrected chi connectivity index (χ3v) is 4.41. The fourth-order valence-electron chi connectivity index (χ4n) is 3.16. The number of urea groups is 1. The average molecular weight is 366 g/mol. The van der Waals surface area contributed by atoms with Gasteiger partial charge >= 0.3 is 12.0 Å². The number of benzene rings is 2. The van der Waals surface area contributed by atoms with E-state index >= 15 is 0 Å². The number of aliphatic carboxylic acids is 1. The molecule has 0 bridgehead atoms. The topological polar surface area (TPSA) is 125 Å². The van der Waals surface area contributed by atoms with Crippen LogP contribution in [0.3, 0.4) is 0 Å². The molecule has 0 aliphatic carbocycles. The molecule has 0 radical (unpaired) electrons. The highest BCUT2D eigenvalue weighted by atomic mass is 16.4. The van der Waals surface area contributed by atoms with Crippen LogP contribution in [0.5, 0.6) is 0 Å². The maximum Gasteiger partial charge on any atom is 0.325 e. The SMILES string of the molecule is NN=Cc1ccc([C@@]2(Cc3ccccc3)NC(=O)N(CC(=O)O)C2=O)cc1. The maximum absolute atomic E-state index is 13.1. The molecule has 1 aliphatic heterocycles. The molecule has 1 saturated heterocycles. The molecule has 0 spiro atoms. The van der Waals surface area contributed by atoms with Gasteiger partial charge in [-0.15, -0.1) is 0 Å². The Morgan fingerprint density at radius 2 is 1.81 bits per heavy atom. The molecule has 1 aliphatic rings. The molecule has 8 heteroatoms. The number of nitrogens with two attached hydrogens (primary N) is 1. The second-order valence-electron chi connectivity index (χ2n) is 6.18. The molecular formula is C19H18N4O4. The van der Waals surface area contributed by atoms with Gasteiger partial charge in [-0.1, -0.05) is 54.6 Å². The number of hydrazone groups is 1. The predicted molar refractivity (Wildman–Crippen MR) is 97.9 cm³/mol. The van der Waals surface area contributed by atoms with Crippen molar-refractivity contribution < 1.29 is 19.5 Å². The highest BCUT2D eigenvalue weighted by Gasteiger charge is 2.52. The Bertz CT molecular complexity index is 896. The highest BCUT2D eigenvalue weighted by molar-refractivity contribution is 6.09. The fraction of sp³-hybridized carbons (Fsp3) is 0.158. The number of rotatable bonds is 6.